The van der Waals surface area contributed by atoms with Crippen molar-refractivity contribution < 1.29 is 18.3 Å². The molecule has 7 nitrogen and oxygen atoms in total. The largest absolute Gasteiger partial charge is 0.481 e. The zero-order valence-electron chi connectivity index (χ0n) is 9.96. The molecule has 0 amide bonds. The van der Waals surface area contributed by atoms with Crippen molar-refractivity contribution in [1.29, 1.82) is 0 Å². The average Bonchev–Trinajstić information content (AvgIpc) is 2.63. The zero-order valence-corrected chi connectivity index (χ0v) is 10.8. The van der Waals surface area contributed by atoms with Crippen LogP contribution in [0.2, 0.25) is 0 Å². The van der Waals surface area contributed by atoms with E-state index in [4.69, 9.17) is 5.11 Å². The molecule has 0 aliphatic heterocycles. The zero-order chi connectivity index (χ0) is 13.4. The third-order valence-corrected chi connectivity index (χ3v) is 4.61. The first-order valence-corrected chi connectivity index (χ1v) is 7.05. The summed E-state index contributed by atoms with van der Waals surface area (Å²) in [6.07, 6.45) is 4.58. The quantitative estimate of drug-likeness (QED) is 0.783. The number of carboxylic acid groups (broad SMARTS) is 1. The fourth-order valence-electron chi connectivity index (χ4n) is 1.90. The number of rotatable bonds is 5. The highest BCUT2D eigenvalue weighted by molar-refractivity contribution is 7.89. The highest BCUT2D eigenvalue weighted by Crippen LogP contribution is 2.40. The standard InChI is InChI=1S/C10H15N3O4S/c1-13-5-8(11-7-13)18(16,17)12-6-10(9(14)15)3-2-4-10/h5,7,12H,2-4,6H2,1H3,(H,14,15). The predicted molar refractivity (Wildman–Crippen MR) is 62.3 cm³/mol. The Hall–Kier alpha value is -1.41. The van der Waals surface area contributed by atoms with Gasteiger partial charge in [-0.2, -0.15) is 0 Å². The Morgan fingerprint density at radius 1 is 1.61 bits per heavy atom. The summed E-state index contributed by atoms with van der Waals surface area (Å²) in [5.41, 5.74) is -0.943. The van der Waals surface area contributed by atoms with E-state index in [9.17, 15) is 13.2 Å². The second-order valence-corrected chi connectivity index (χ2v) is 6.35. The van der Waals surface area contributed by atoms with Crippen molar-refractivity contribution in [3.05, 3.63) is 12.5 Å². The van der Waals surface area contributed by atoms with Gasteiger partial charge in [-0.25, -0.2) is 18.1 Å². The number of carbonyl (C=O) groups is 1. The molecule has 1 aliphatic carbocycles. The van der Waals surface area contributed by atoms with Crippen LogP contribution in [0.15, 0.2) is 17.6 Å². The van der Waals surface area contributed by atoms with Crippen molar-refractivity contribution in [1.82, 2.24) is 14.3 Å². The van der Waals surface area contributed by atoms with Crippen molar-refractivity contribution in [2.45, 2.75) is 24.3 Å². The maximum atomic E-state index is 11.9. The number of aromatic nitrogens is 2. The number of nitrogens with zero attached hydrogens (tertiary/aromatic N) is 2. The van der Waals surface area contributed by atoms with Gasteiger partial charge in [0.1, 0.15) is 0 Å². The Labute approximate surface area is 105 Å². The molecule has 0 aromatic carbocycles. The topological polar surface area (TPSA) is 101 Å². The summed E-state index contributed by atoms with van der Waals surface area (Å²) in [6, 6.07) is 0. The number of nitrogens with one attached hydrogen (secondary N) is 1. The molecule has 8 heteroatoms. The van der Waals surface area contributed by atoms with Gasteiger partial charge in [-0.05, 0) is 12.8 Å². The normalized spacial score (nSPS) is 18.3. The van der Waals surface area contributed by atoms with Crippen molar-refractivity contribution in [3.63, 3.8) is 0 Å². The van der Waals surface area contributed by atoms with Crippen LogP contribution >= 0.6 is 0 Å². The minimum Gasteiger partial charge on any atom is -0.481 e. The molecule has 100 valence electrons. The van der Waals surface area contributed by atoms with E-state index in [1.807, 2.05) is 0 Å². The fourth-order valence-corrected chi connectivity index (χ4v) is 3.01. The Kier molecular flexibility index (Phi) is 3.16. The van der Waals surface area contributed by atoms with Crippen LogP contribution in [0.1, 0.15) is 19.3 Å². The van der Waals surface area contributed by atoms with E-state index in [1.165, 1.54) is 17.1 Å². The Bertz CT molecular complexity index is 559. The third kappa shape index (κ3) is 2.25. The lowest BCUT2D eigenvalue weighted by Gasteiger charge is -2.37. The van der Waals surface area contributed by atoms with Crippen molar-refractivity contribution in [2.75, 3.05) is 6.54 Å². The van der Waals surface area contributed by atoms with Crippen LogP contribution in [0.5, 0.6) is 0 Å². The summed E-state index contributed by atoms with van der Waals surface area (Å²) in [6.45, 7) is -0.0821. The smallest absolute Gasteiger partial charge is 0.310 e. The van der Waals surface area contributed by atoms with E-state index >= 15 is 0 Å². The number of sulfonamides is 1. The second-order valence-electron chi connectivity index (χ2n) is 4.64. The van der Waals surface area contributed by atoms with Gasteiger partial charge in [0, 0.05) is 19.8 Å². The number of carboxylic acids is 1. The number of aliphatic carboxylic acids is 1. The molecule has 0 saturated heterocycles. The summed E-state index contributed by atoms with van der Waals surface area (Å²) >= 11 is 0. The minimum absolute atomic E-state index is 0.0821. The number of aryl methyl sites for hydroxylation is 1. The van der Waals surface area contributed by atoms with E-state index in [0.29, 0.717) is 12.8 Å². The molecule has 0 spiro atoms. The minimum atomic E-state index is -3.73. The van der Waals surface area contributed by atoms with Gasteiger partial charge in [0.05, 0.1) is 11.7 Å². The average molecular weight is 273 g/mol. The molecule has 2 N–H and O–H groups in total. The molecule has 1 fully saturated rings. The van der Waals surface area contributed by atoms with Crippen molar-refractivity contribution >= 4 is 16.0 Å². The van der Waals surface area contributed by atoms with Crippen LogP contribution in [0.25, 0.3) is 0 Å². The summed E-state index contributed by atoms with van der Waals surface area (Å²) in [4.78, 5) is 14.8. The van der Waals surface area contributed by atoms with Crippen LogP contribution in [0, 0.1) is 5.41 Å². The SMILES string of the molecule is Cn1cnc(S(=O)(=O)NCC2(C(=O)O)CCC2)c1. The summed E-state index contributed by atoms with van der Waals surface area (Å²) in [7, 11) is -2.06. The van der Waals surface area contributed by atoms with Gasteiger partial charge >= 0.3 is 5.97 Å². The summed E-state index contributed by atoms with van der Waals surface area (Å²) in [5, 5.41) is 9.01. The summed E-state index contributed by atoms with van der Waals surface area (Å²) in [5.74, 6) is -0.947. The van der Waals surface area contributed by atoms with Gasteiger partial charge in [-0.1, -0.05) is 6.42 Å². The first kappa shape index (κ1) is 13.0. The molecule has 18 heavy (non-hydrogen) atoms. The lowest BCUT2D eigenvalue weighted by Crippen LogP contribution is -2.47. The molecule has 1 aliphatic rings. The molecule has 0 bridgehead atoms. The molecule has 1 heterocycles. The number of hydrogen-bond acceptors (Lipinski definition) is 4. The molecular formula is C10H15N3O4S. The monoisotopic (exact) mass is 273 g/mol. The van der Waals surface area contributed by atoms with Crippen molar-refractivity contribution in [3.8, 4) is 0 Å². The van der Waals surface area contributed by atoms with Gasteiger partial charge in [0.15, 0.2) is 5.03 Å². The molecule has 1 aromatic heterocycles. The van der Waals surface area contributed by atoms with Gasteiger partial charge in [-0.15, -0.1) is 0 Å². The van der Waals surface area contributed by atoms with Crippen LogP contribution in [0.3, 0.4) is 0 Å². The molecule has 1 saturated carbocycles. The first-order valence-electron chi connectivity index (χ1n) is 5.57. The van der Waals surface area contributed by atoms with E-state index in [1.54, 1.807) is 7.05 Å². The highest BCUT2D eigenvalue weighted by atomic mass is 32.2. The fraction of sp³-hybridized carbons (Fsp3) is 0.600. The predicted octanol–water partition coefficient (Wildman–Crippen LogP) is -0.0467. The van der Waals surface area contributed by atoms with Gasteiger partial charge < -0.3 is 9.67 Å². The molecule has 1 aromatic rings. The highest BCUT2D eigenvalue weighted by Gasteiger charge is 2.45. The maximum absolute atomic E-state index is 11.9. The van der Waals surface area contributed by atoms with Crippen LogP contribution in [-0.4, -0.2) is 35.6 Å². The van der Waals surface area contributed by atoms with Crippen LogP contribution < -0.4 is 4.72 Å². The van der Waals surface area contributed by atoms with Gasteiger partial charge in [0.25, 0.3) is 10.0 Å². The summed E-state index contributed by atoms with van der Waals surface area (Å²) < 4.78 is 27.6. The van der Waals surface area contributed by atoms with E-state index in [-0.39, 0.29) is 11.6 Å². The Balaban J connectivity index is 2.08. The van der Waals surface area contributed by atoms with E-state index in [0.717, 1.165) is 6.42 Å². The van der Waals surface area contributed by atoms with E-state index in [2.05, 4.69) is 9.71 Å². The third-order valence-electron chi connectivity index (χ3n) is 3.32. The van der Waals surface area contributed by atoms with Gasteiger partial charge in [-0.3, -0.25) is 4.79 Å². The second kappa shape index (κ2) is 4.36. The van der Waals surface area contributed by atoms with Crippen molar-refractivity contribution in [2.24, 2.45) is 12.5 Å². The number of hydrogen-bond donors (Lipinski definition) is 2. The van der Waals surface area contributed by atoms with Crippen LogP contribution in [0.4, 0.5) is 0 Å². The first-order chi connectivity index (χ1) is 8.36. The molecule has 0 unspecified atom stereocenters. The van der Waals surface area contributed by atoms with Gasteiger partial charge in [0.2, 0.25) is 0 Å². The molecule has 2 rings (SSSR count). The molecule has 0 radical (unpaired) electrons. The maximum Gasteiger partial charge on any atom is 0.310 e. The lowest BCUT2D eigenvalue weighted by molar-refractivity contribution is -0.153. The van der Waals surface area contributed by atoms with Crippen LogP contribution in [-0.2, 0) is 21.9 Å². The lowest BCUT2D eigenvalue weighted by atomic mass is 9.69. The number of imidazole rings is 1. The molecular weight excluding hydrogens is 258 g/mol. The molecule has 0 atom stereocenters. The van der Waals surface area contributed by atoms with E-state index < -0.39 is 21.4 Å². The Morgan fingerprint density at radius 2 is 2.28 bits per heavy atom. The Morgan fingerprint density at radius 3 is 2.67 bits per heavy atom.